The average Bonchev–Trinajstić information content (AvgIpc) is 2.52. The minimum atomic E-state index is -0.463. The summed E-state index contributed by atoms with van der Waals surface area (Å²) >= 11 is 0. The highest BCUT2D eigenvalue weighted by molar-refractivity contribution is 5.37. The van der Waals surface area contributed by atoms with Crippen molar-refractivity contribution in [2.75, 3.05) is 20.2 Å². The number of aryl methyl sites for hydroxylation is 1. The summed E-state index contributed by atoms with van der Waals surface area (Å²) in [6.07, 6.45) is 8.19. The monoisotopic (exact) mass is 289 g/mol. The third kappa shape index (κ3) is 4.87. The van der Waals surface area contributed by atoms with Crippen LogP contribution in [0.2, 0.25) is 0 Å². The summed E-state index contributed by atoms with van der Waals surface area (Å²) in [5, 5.41) is 13.6. The second-order valence-electron chi connectivity index (χ2n) is 5.81. The van der Waals surface area contributed by atoms with E-state index >= 15 is 0 Å². The van der Waals surface area contributed by atoms with Crippen molar-refractivity contribution >= 4 is 0 Å². The van der Waals surface area contributed by atoms with Crippen molar-refractivity contribution < 1.29 is 9.84 Å². The molecule has 0 heterocycles. The first-order valence-electron chi connectivity index (χ1n) is 7.92. The summed E-state index contributed by atoms with van der Waals surface area (Å²) < 4.78 is 5.24. The van der Waals surface area contributed by atoms with Crippen LogP contribution in [0.1, 0.15) is 49.3 Å². The van der Waals surface area contributed by atoms with Gasteiger partial charge in [-0.3, -0.25) is 0 Å². The van der Waals surface area contributed by atoms with Crippen LogP contribution in [0.5, 0.6) is 5.75 Å². The number of aliphatic hydroxyl groups excluding tert-OH is 1. The summed E-state index contributed by atoms with van der Waals surface area (Å²) in [6, 6.07) is 5.84. The Labute approximate surface area is 128 Å². The first kappa shape index (κ1) is 16.1. The molecule has 2 N–H and O–H groups in total. The molecular weight excluding hydrogens is 262 g/mol. The molecule has 2 rings (SSSR count). The molecule has 3 heteroatoms. The lowest BCUT2D eigenvalue weighted by atomic mass is 9.97. The van der Waals surface area contributed by atoms with E-state index in [4.69, 9.17) is 4.74 Å². The first-order chi connectivity index (χ1) is 10.2. The van der Waals surface area contributed by atoms with Gasteiger partial charge < -0.3 is 15.2 Å². The van der Waals surface area contributed by atoms with E-state index in [0.717, 1.165) is 29.8 Å². The van der Waals surface area contributed by atoms with Gasteiger partial charge in [-0.05, 0) is 68.8 Å². The van der Waals surface area contributed by atoms with Crippen molar-refractivity contribution in [3.05, 3.63) is 41.0 Å². The fraction of sp³-hybridized carbons (Fsp3) is 0.556. The Balaban J connectivity index is 1.75. The van der Waals surface area contributed by atoms with E-state index < -0.39 is 6.10 Å². The van der Waals surface area contributed by atoms with Gasteiger partial charge in [-0.2, -0.15) is 0 Å². The number of ether oxygens (including phenoxy) is 1. The molecule has 0 bridgehead atoms. The molecule has 0 saturated carbocycles. The van der Waals surface area contributed by atoms with Crippen molar-refractivity contribution in [2.45, 2.75) is 45.1 Å². The molecule has 1 aliphatic rings. The third-order valence-electron chi connectivity index (χ3n) is 4.15. The lowest BCUT2D eigenvalue weighted by Gasteiger charge is -2.16. The van der Waals surface area contributed by atoms with Gasteiger partial charge in [0, 0.05) is 6.54 Å². The van der Waals surface area contributed by atoms with Gasteiger partial charge in [0.25, 0.3) is 0 Å². The second kappa shape index (κ2) is 8.20. The van der Waals surface area contributed by atoms with Crippen LogP contribution in [0.3, 0.4) is 0 Å². The molecule has 21 heavy (non-hydrogen) atoms. The van der Waals surface area contributed by atoms with Gasteiger partial charge in [0.15, 0.2) is 0 Å². The fourth-order valence-electron chi connectivity index (χ4n) is 2.85. The molecule has 0 aromatic heterocycles. The minimum Gasteiger partial charge on any atom is -0.496 e. The fourth-order valence-corrected chi connectivity index (χ4v) is 2.85. The molecule has 1 atom stereocenters. The Hall–Kier alpha value is -1.32. The zero-order chi connectivity index (χ0) is 15.1. The smallest absolute Gasteiger partial charge is 0.121 e. The largest absolute Gasteiger partial charge is 0.496 e. The Kier molecular flexibility index (Phi) is 6.27. The SMILES string of the molecule is COc1ccc(C(O)CNCCC2=CCCCC2)cc1C. The predicted molar refractivity (Wildman–Crippen MR) is 86.7 cm³/mol. The molecule has 1 aliphatic carbocycles. The molecule has 0 amide bonds. The summed E-state index contributed by atoms with van der Waals surface area (Å²) in [6.45, 7) is 3.54. The molecule has 0 spiro atoms. The van der Waals surface area contributed by atoms with E-state index in [2.05, 4.69) is 11.4 Å². The molecule has 3 nitrogen and oxygen atoms in total. The van der Waals surface area contributed by atoms with Crippen LogP contribution in [0, 0.1) is 6.92 Å². The van der Waals surface area contributed by atoms with Gasteiger partial charge in [-0.1, -0.05) is 17.7 Å². The molecule has 0 fully saturated rings. The zero-order valence-corrected chi connectivity index (χ0v) is 13.2. The van der Waals surface area contributed by atoms with Crippen LogP contribution in [-0.2, 0) is 0 Å². The second-order valence-corrected chi connectivity index (χ2v) is 5.81. The normalized spacial score (nSPS) is 16.4. The number of nitrogens with one attached hydrogen (secondary N) is 1. The number of rotatable bonds is 7. The summed E-state index contributed by atoms with van der Waals surface area (Å²) in [5.74, 6) is 0.864. The van der Waals surface area contributed by atoms with Crippen LogP contribution >= 0.6 is 0 Å². The van der Waals surface area contributed by atoms with Gasteiger partial charge in [0.2, 0.25) is 0 Å². The topological polar surface area (TPSA) is 41.5 Å². The van der Waals surface area contributed by atoms with E-state index in [0.29, 0.717) is 6.54 Å². The highest BCUT2D eigenvalue weighted by Gasteiger charge is 2.09. The molecule has 1 aromatic rings. The number of allylic oxidation sites excluding steroid dienone is 1. The zero-order valence-electron chi connectivity index (χ0n) is 13.2. The number of benzene rings is 1. The van der Waals surface area contributed by atoms with Gasteiger partial charge in [-0.15, -0.1) is 0 Å². The highest BCUT2D eigenvalue weighted by Crippen LogP contribution is 2.22. The van der Waals surface area contributed by atoms with Gasteiger partial charge in [0.05, 0.1) is 13.2 Å². The van der Waals surface area contributed by atoms with Crippen molar-refractivity contribution in [3.8, 4) is 5.75 Å². The predicted octanol–water partition coefficient (Wildman–Crippen LogP) is 3.52. The number of hydrogen-bond acceptors (Lipinski definition) is 3. The van der Waals surface area contributed by atoms with Crippen LogP contribution < -0.4 is 10.1 Å². The van der Waals surface area contributed by atoms with Crippen molar-refractivity contribution in [1.82, 2.24) is 5.32 Å². The summed E-state index contributed by atoms with van der Waals surface area (Å²) in [7, 11) is 1.67. The van der Waals surface area contributed by atoms with Gasteiger partial charge >= 0.3 is 0 Å². The maximum absolute atomic E-state index is 10.2. The lowest BCUT2D eigenvalue weighted by Crippen LogP contribution is -2.23. The molecule has 1 unspecified atom stereocenters. The van der Waals surface area contributed by atoms with E-state index in [1.165, 1.54) is 25.7 Å². The highest BCUT2D eigenvalue weighted by atomic mass is 16.5. The van der Waals surface area contributed by atoms with Crippen LogP contribution in [0.25, 0.3) is 0 Å². The van der Waals surface area contributed by atoms with Crippen LogP contribution in [0.15, 0.2) is 29.8 Å². The Morgan fingerprint density at radius 1 is 1.33 bits per heavy atom. The first-order valence-corrected chi connectivity index (χ1v) is 7.92. The standard InChI is InChI=1S/C18H27NO2/c1-14-12-16(8-9-18(14)21-2)17(20)13-19-11-10-15-6-4-3-5-7-15/h6,8-9,12,17,19-20H,3-5,7,10-11,13H2,1-2H3. The van der Waals surface area contributed by atoms with E-state index in [-0.39, 0.29) is 0 Å². The summed E-state index contributed by atoms with van der Waals surface area (Å²) in [5.41, 5.74) is 3.57. The number of hydrogen-bond donors (Lipinski definition) is 2. The molecule has 0 aliphatic heterocycles. The van der Waals surface area contributed by atoms with Gasteiger partial charge in [0.1, 0.15) is 5.75 Å². The maximum atomic E-state index is 10.2. The van der Waals surface area contributed by atoms with Crippen molar-refractivity contribution in [1.29, 1.82) is 0 Å². The lowest BCUT2D eigenvalue weighted by molar-refractivity contribution is 0.175. The molecule has 1 aromatic carbocycles. The molecule has 0 saturated heterocycles. The quantitative estimate of drug-likeness (QED) is 0.596. The van der Waals surface area contributed by atoms with E-state index in [1.807, 2.05) is 25.1 Å². The number of aliphatic hydroxyl groups is 1. The van der Waals surface area contributed by atoms with E-state index in [9.17, 15) is 5.11 Å². The molecular formula is C18H27NO2. The van der Waals surface area contributed by atoms with Crippen LogP contribution in [0.4, 0.5) is 0 Å². The molecule has 0 radical (unpaired) electrons. The van der Waals surface area contributed by atoms with Crippen LogP contribution in [-0.4, -0.2) is 25.3 Å². The third-order valence-corrected chi connectivity index (χ3v) is 4.15. The molecule has 116 valence electrons. The van der Waals surface area contributed by atoms with Crippen molar-refractivity contribution in [2.24, 2.45) is 0 Å². The Bertz CT molecular complexity index is 482. The average molecular weight is 289 g/mol. The Morgan fingerprint density at radius 3 is 2.86 bits per heavy atom. The number of methoxy groups -OCH3 is 1. The van der Waals surface area contributed by atoms with E-state index in [1.54, 1.807) is 12.7 Å². The summed E-state index contributed by atoms with van der Waals surface area (Å²) in [4.78, 5) is 0. The Morgan fingerprint density at radius 2 is 2.19 bits per heavy atom. The van der Waals surface area contributed by atoms with Crippen molar-refractivity contribution in [3.63, 3.8) is 0 Å². The minimum absolute atomic E-state index is 0.463. The maximum Gasteiger partial charge on any atom is 0.121 e. The van der Waals surface area contributed by atoms with Gasteiger partial charge in [-0.25, -0.2) is 0 Å².